The molecule has 3 heterocycles. The molecule has 1 aliphatic heterocycles. The van der Waals surface area contributed by atoms with Crippen molar-refractivity contribution < 1.29 is 29.0 Å². The van der Waals surface area contributed by atoms with Crippen LogP contribution in [0.1, 0.15) is 56.3 Å². The molecule has 0 unspecified atom stereocenters. The third kappa shape index (κ3) is 6.59. The molecule has 222 valence electrons. The number of esters is 1. The largest absolute Gasteiger partial charge is 0.493 e. The lowest BCUT2D eigenvalue weighted by atomic mass is 9.93. The van der Waals surface area contributed by atoms with Crippen molar-refractivity contribution in [2.24, 2.45) is 5.73 Å². The summed E-state index contributed by atoms with van der Waals surface area (Å²) in [6, 6.07) is 15.8. The van der Waals surface area contributed by atoms with E-state index in [9.17, 15) is 19.5 Å². The maximum Gasteiger partial charge on any atom is 0.357 e. The monoisotopic (exact) mass is 600 g/mol. The fourth-order valence-corrected chi connectivity index (χ4v) is 5.67. The SMILES string of the molecule is COC(=O)c1nc(C(=O)NCC(C)(C)O)ccc1-c1cc2c(cc1C(=O)Nc1ccc(CN)cc1)-c1sccc1CCO2. The Morgan fingerprint density at radius 3 is 2.51 bits per heavy atom. The predicted octanol–water partition coefficient (Wildman–Crippen LogP) is 4.41. The Hall–Kier alpha value is -4.58. The van der Waals surface area contributed by atoms with Crippen molar-refractivity contribution in [3.63, 3.8) is 0 Å². The van der Waals surface area contributed by atoms with Crippen molar-refractivity contribution in [1.82, 2.24) is 10.3 Å². The number of nitrogens with two attached hydrogens (primary N) is 1. The molecule has 2 amide bonds. The molecule has 0 spiro atoms. The molecule has 5 N–H and O–H groups in total. The number of carbonyl (C=O) groups excluding carboxylic acids is 3. The Morgan fingerprint density at radius 1 is 1.05 bits per heavy atom. The number of thiophene rings is 1. The van der Waals surface area contributed by atoms with E-state index in [0.29, 0.717) is 36.6 Å². The van der Waals surface area contributed by atoms with Gasteiger partial charge in [0.1, 0.15) is 11.4 Å². The van der Waals surface area contributed by atoms with Crippen molar-refractivity contribution in [3.8, 4) is 27.3 Å². The van der Waals surface area contributed by atoms with E-state index in [-0.39, 0.29) is 29.1 Å². The number of rotatable bonds is 8. The highest BCUT2D eigenvalue weighted by molar-refractivity contribution is 7.13. The zero-order valence-electron chi connectivity index (χ0n) is 24.0. The highest BCUT2D eigenvalue weighted by atomic mass is 32.1. The summed E-state index contributed by atoms with van der Waals surface area (Å²) in [5.41, 5.74) is 8.72. The minimum Gasteiger partial charge on any atom is -0.493 e. The molecule has 0 saturated heterocycles. The second-order valence-electron chi connectivity index (χ2n) is 10.7. The van der Waals surface area contributed by atoms with Crippen LogP contribution in [0.25, 0.3) is 21.6 Å². The molecular weight excluding hydrogens is 568 g/mol. The summed E-state index contributed by atoms with van der Waals surface area (Å²) < 4.78 is 11.1. The number of nitrogens with one attached hydrogen (secondary N) is 2. The second-order valence-corrected chi connectivity index (χ2v) is 11.6. The molecule has 0 bridgehead atoms. The lowest BCUT2D eigenvalue weighted by Crippen LogP contribution is -2.38. The Labute approximate surface area is 252 Å². The normalized spacial score (nSPS) is 12.3. The number of ether oxygens (including phenoxy) is 2. The van der Waals surface area contributed by atoms with Crippen molar-refractivity contribution in [2.75, 3.05) is 25.6 Å². The van der Waals surface area contributed by atoms with Crippen molar-refractivity contribution in [2.45, 2.75) is 32.4 Å². The van der Waals surface area contributed by atoms with Gasteiger partial charge >= 0.3 is 5.97 Å². The highest BCUT2D eigenvalue weighted by Crippen LogP contribution is 2.43. The van der Waals surface area contributed by atoms with E-state index in [1.807, 2.05) is 23.6 Å². The molecule has 1 aliphatic rings. The highest BCUT2D eigenvalue weighted by Gasteiger charge is 2.27. The van der Waals surface area contributed by atoms with Crippen molar-refractivity contribution in [3.05, 3.63) is 88.1 Å². The minimum absolute atomic E-state index is 0.0216. The topological polar surface area (TPSA) is 153 Å². The number of hydrogen-bond donors (Lipinski definition) is 4. The number of hydrogen-bond acceptors (Lipinski definition) is 9. The molecule has 43 heavy (non-hydrogen) atoms. The van der Waals surface area contributed by atoms with Crippen LogP contribution < -0.4 is 21.1 Å². The summed E-state index contributed by atoms with van der Waals surface area (Å²) >= 11 is 1.56. The molecule has 0 fully saturated rings. The number of fused-ring (bicyclic) bond motifs is 3. The first kappa shape index (κ1) is 29.9. The summed E-state index contributed by atoms with van der Waals surface area (Å²) in [5.74, 6) is -1.22. The van der Waals surface area contributed by atoms with Crippen molar-refractivity contribution >= 4 is 34.8 Å². The van der Waals surface area contributed by atoms with Crippen LogP contribution in [0, 0.1) is 0 Å². The average Bonchev–Trinajstić information content (AvgIpc) is 3.40. The Balaban J connectivity index is 1.64. The molecular formula is C32H32N4O6S. The van der Waals surface area contributed by atoms with Gasteiger partial charge in [0.2, 0.25) is 0 Å². The van der Waals surface area contributed by atoms with E-state index in [4.69, 9.17) is 15.2 Å². The van der Waals surface area contributed by atoms with Gasteiger partial charge in [0.15, 0.2) is 5.69 Å². The zero-order chi connectivity index (χ0) is 30.7. The lowest BCUT2D eigenvalue weighted by molar-refractivity contribution is 0.0593. The number of amides is 2. The molecule has 5 rings (SSSR count). The number of aliphatic hydroxyl groups is 1. The van der Waals surface area contributed by atoms with Gasteiger partial charge in [0.25, 0.3) is 11.8 Å². The second kappa shape index (κ2) is 12.3. The number of methoxy groups -OCH3 is 1. The maximum atomic E-state index is 13.9. The van der Waals surface area contributed by atoms with Crippen LogP contribution in [0.5, 0.6) is 5.75 Å². The Kier molecular flexibility index (Phi) is 8.58. The standard InChI is InChI=1S/C32H32N4O6S/c1-32(2,40)17-34-30(38)25-9-8-21(27(36-25)31(39)41-3)22-15-26-24(28-19(10-12-42-26)11-13-43-28)14-23(22)29(37)35-20-6-4-18(16-33)5-7-20/h4-9,11,13-15,40H,10,12,16-17,33H2,1-3H3,(H,34,38)(H,35,37). The summed E-state index contributed by atoms with van der Waals surface area (Å²) in [6.07, 6.45) is 0.710. The molecule has 2 aromatic heterocycles. The van der Waals surface area contributed by atoms with Crippen LogP contribution in [0.4, 0.5) is 5.69 Å². The number of benzene rings is 2. The van der Waals surface area contributed by atoms with Crippen LogP contribution in [-0.4, -0.2) is 53.7 Å². The fraction of sp³-hybridized carbons (Fsp3) is 0.250. The quantitative estimate of drug-likeness (QED) is 0.217. The summed E-state index contributed by atoms with van der Waals surface area (Å²) in [4.78, 5) is 45.1. The van der Waals surface area contributed by atoms with Crippen LogP contribution in [-0.2, 0) is 17.7 Å². The number of aromatic nitrogens is 1. The van der Waals surface area contributed by atoms with E-state index in [1.54, 1.807) is 55.5 Å². The number of nitrogens with zero attached hydrogens (tertiary/aromatic N) is 1. The predicted molar refractivity (Wildman–Crippen MR) is 164 cm³/mol. The third-order valence-corrected chi connectivity index (χ3v) is 7.90. The number of carbonyl (C=O) groups is 3. The van der Waals surface area contributed by atoms with E-state index >= 15 is 0 Å². The third-order valence-electron chi connectivity index (χ3n) is 6.91. The molecule has 11 heteroatoms. The van der Waals surface area contributed by atoms with Gasteiger partial charge in [-0.1, -0.05) is 12.1 Å². The van der Waals surface area contributed by atoms with Gasteiger partial charge in [-0.2, -0.15) is 0 Å². The van der Waals surface area contributed by atoms with E-state index in [0.717, 1.165) is 21.6 Å². The summed E-state index contributed by atoms with van der Waals surface area (Å²) in [7, 11) is 1.21. The van der Waals surface area contributed by atoms with Crippen LogP contribution in [0.2, 0.25) is 0 Å². The smallest absolute Gasteiger partial charge is 0.357 e. The molecule has 4 aromatic rings. The van der Waals surface area contributed by atoms with Gasteiger partial charge in [-0.3, -0.25) is 9.59 Å². The Bertz CT molecular complexity index is 1690. The van der Waals surface area contributed by atoms with E-state index < -0.39 is 23.4 Å². The first-order valence-corrected chi connectivity index (χ1v) is 14.5. The molecule has 2 aromatic carbocycles. The zero-order valence-corrected chi connectivity index (χ0v) is 24.8. The number of pyridine rings is 1. The molecule has 0 saturated carbocycles. The summed E-state index contributed by atoms with van der Waals surface area (Å²) in [5, 5.41) is 17.6. The Morgan fingerprint density at radius 2 is 1.81 bits per heavy atom. The van der Waals surface area contributed by atoms with Gasteiger partial charge < -0.3 is 30.9 Å². The maximum absolute atomic E-state index is 13.9. The van der Waals surface area contributed by atoms with Gasteiger partial charge in [-0.05, 0) is 72.8 Å². The fourth-order valence-electron chi connectivity index (χ4n) is 4.69. The van der Waals surface area contributed by atoms with Crippen LogP contribution in [0.15, 0.2) is 60.0 Å². The van der Waals surface area contributed by atoms with Gasteiger partial charge in [-0.25, -0.2) is 9.78 Å². The van der Waals surface area contributed by atoms with Crippen molar-refractivity contribution in [1.29, 1.82) is 0 Å². The molecule has 0 aliphatic carbocycles. The van der Waals surface area contributed by atoms with Gasteiger partial charge in [-0.15, -0.1) is 11.3 Å². The number of anilines is 1. The molecule has 0 atom stereocenters. The first-order valence-electron chi connectivity index (χ1n) is 13.7. The lowest BCUT2D eigenvalue weighted by Gasteiger charge is -2.19. The average molecular weight is 601 g/mol. The van der Waals surface area contributed by atoms with Crippen LogP contribution >= 0.6 is 11.3 Å². The van der Waals surface area contributed by atoms with E-state index in [1.165, 1.54) is 13.2 Å². The molecule has 0 radical (unpaired) electrons. The summed E-state index contributed by atoms with van der Waals surface area (Å²) in [6.45, 7) is 3.91. The van der Waals surface area contributed by atoms with Gasteiger partial charge in [0.05, 0.1) is 19.3 Å². The van der Waals surface area contributed by atoms with Gasteiger partial charge in [0, 0.05) is 52.3 Å². The molecule has 10 nitrogen and oxygen atoms in total. The minimum atomic E-state index is -1.14. The van der Waals surface area contributed by atoms with Crippen LogP contribution in [0.3, 0.4) is 0 Å². The van der Waals surface area contributed by atoms with E-state index in [2.05, 4.69) is 15.6 Å². The first-order chi connectivity index (χ1) is 20.6.